The molecule has 0 fully saturated rings. The number of nitrogens with zero attached hydrogens (tertiary/aromatic N) is 3. The fraction of sp³-hybridized carbons (Fsp3) is 0.286. The minimum absolute atomic E-state index is 0.0233. The van der Waals surface area contributed by atoms with Gasteiger partial charge in [0.05, 0.1) is 25.1 Å². The molecule has 212 valence electrons. The Balaban J connectivity index is 1.87. The van der Waals surface area contributed by atoms with Crippen molar-refractivity contribution < 1.29 is 36.2 Å². The average Bonchev–Trinajstić information content (AvgIpc) is 3.46. The summed E-state index contributed by atoms with van der Waals surface area (Å²) in [6.45, 7) is 3.74. The molecule has 0 bridgehead atoms. The molecule has 2 heterocycles. The van der Waals surface area contributed by atoms with Crippen molar-refractivity contribution in [1.29, 1.82) is 0 Å². The van der Waals surface area contributed by atoms with Crippen LogP contribution in [0.2, 0.25) is 0 Å². The van der Waals surface area contributed by atoms with Crippen molar-refractivity contribution in [3.8, 4) is 11.3 Å². The third-order valence-corrected chi connectivity index (χ3v) is 7.42. The Hall–Kier alpha value is -3.77. The molecular formula is C28H26F5N3O3S. The van der Waals surface area contributed by atoms with E-state index in [1.165, 1.54) is 18.4 Å². The van der Waals surface area contributed by atoms with Crippen LogP contribution < -0.4 is 4.80 Å². The van der Waals surface area contributed by atoms with Gasteiger partial charge in [-0.25, -0.2) is 26.9 Å². The van der Waals surface area contributed by atoms with E-state index in [1.807, 2.05) is 32.0 Å². The molecule has 0 N–H and O–H groups in total. The molecule has 2 aromatic heterocycles. The van der Waals surface area contributed by atoms with Crippen molar-refractivity contribution in [3.63, 3.8) is 0 Å². The second-order valence-corrected chi connectivity index (χ2v) is 9.81. The summed E-state index contributed by atoms with van der Waals surface area (Å²) in [5, 5.41) is 1.79. The first-order chi connectivity index (χ1) is 19.1. The number of ether oxygens (including phenoxy) is 2. The molecule has 0 atom stereocenters. The maximum absolute atomic E-state index is 14.5. The molecule has 0 aliphatic carbocycles. The molecule has 40 heavy (non-hydrogen) atoms. The predicted molar refractivity (Wildman–Crippen MR) is 140 cm³/mol. The van der Waals surface area contributed by atoms with Crippen LogP contribution in [-0.2, 0) is 40.4 Å². The van der Waals surface area contributed by atoms with E-state index in [2.05, 4.69) is 0 Å². The summed E-state index contributed by atoms with van der Waals surface area (Å²) in [6, 6.07) is 9.10. The number of methoxy groups -OCH3 is 2. The first-order valence-corrected chi connectivity index (χ1v) is 13.0. The fourth-order valence-corrected chi connectivity index (χ4v) is 5.38. The first kappa shape index (κ1) is 29.2. The number of para-hydroxylation sites is 1. The van der Waals surface area contributed by atoms with Gasteiger partial charge in [0.2, 0.25) is 5.82 Å². The Labute approximate surface area is 230 Å². The van der Waals surface area contributed by atoms with Gasteiger partial charge in [0.15, 0.2) is 28.1 Å². The van der Waals surface area contributed by atoms with E-state index in [0.29, 0.717) is 21.7 Å². The first-order valence-electron chi connectivity index (χ1n) is 12.1. The van der Waals surface area contributed by atoms with Crippen LogP contribution in [0, 0.1) is 42.9 Å². The third kappa shape index (κ3) is 5.59. The van der Waals surface area contributed by atoms with Crippen LogP contribution in [0.15, 0.2) is 40.7 Å². The summed E-state index contributed by atoms with van der Waals surface area (Å²) in [4.78, 5) is 17.2. The van der Waals surface area contributed by atoms with Crippen molar-refractivity contribution in [2.24, 2.45) is 4.99 Å². The zero-order valence-electron chi connectivity index (χ0n) is 22.2. The van der Waals surface area contributed by atoms with E-state index in [4.69, 9.17) is 14.5 Å². The Morgan fingerprint density at radius 1 is 0.950 bits per heavy atom. The molecule has 12 heteroatoms. The lowest BCUT2D eigenvalue weighted by atomic mass is 10.1. The number of benzene rings is 2. The number of carbonyl (C=O) groups is 1. The summed E-state index contributed by atoms with van der Waals surface area (Å²) in [5.41, 5.74) is 3.27. The van der Waals surface area contributed by atoms with Gasteiger partial charge in [-0.05, 0) is 32.4 Å². The number of hydrogen-bond acceptors (Lipinski definition) is 5. The van der Waals surface area contributed by atoms with E-state index in [-0.39, 0.29) is 19.7 Å². The van der Waals surface area contributed by atoms with Crippen LogP contribution >= 0.6 is 11.3 Å². The minimum atomic E-state index is -2.20. The summed E-state index contributed by atoms with van der Waals surface area (Å²) in [6.07, 6.45) is -0.497. The predicted octanol–water partition coefficient (Wildman–Crippen LogP) is 6.12. The van der Waals surface area contributed by atoms with E-state index in [9.17, 15) is 26.7 Å². The lowest BCUT2D eigenvalue weighted by Crippen LogP contribution is -2.19. The maximum Gasteiger partial charge on any atom is 0.325 e. The number of rotatable bonds is 9. The molecule has 2 aromatic carbocycles. The quantitative estimate of drug-likeness (QED) is 0.104. The van der Waals surface area contributed by atoms with Crippen LogP contribution in [0.4, 0.5) is 27.6 Å². The summed E-state index contributed by atoms with van der Waals surface area (Å²) < 4.78 is 83.9. The van der Waals surface area contributed by atoms with E-state index in [0.717, 1.165) is 17.0 Å². The Morgan fingerprint density at radius 2 is 1.60 bits per heavy atom. The van der Waals surface area contributed by atoms with Gasteiger partial charge in [-0.1, -0.05) is 18.2 Å². The Kier molecular flexibility index (Phi) is 8.89. The number of halogens is 5. The van der Waals surface area contributed by atoms with Gasteiger partial charge >= 0.3 is 5.97 Å². The van der Waals surface area contributed by atoms with Crippen molar-refractivity contribution in [3.05, 3.63) is 92.1 Å². The molecule has 0 aliphatic heterocycles. The third-order valence-electron chi connectivity index (χ3n) is 6.56. The summed E-state index contributed by atoms with van der Waals surface area (Å²) in [7, 11) is 2.84. The van der Waals surface area contributed by atoms with Crippen LogP contribution in [0.25, 0.3) is 11.3 Å². The van der Waals surface area contributed by atoms with Crippen molar-refractivity contribution in [1.82, 2.24) is 9.13 Å². The maximum atomic E-state index is 14.5. The fourth-order valence-electron chi connectivity index (χ4n) is 4.44. The van der Waals surface area contributed by atoms with Gasteiger partial charge in [0, 0.05) is 47.1 Å². The number of thiazole rings is 1. The molecule has 0 radical (unpaired) electrons. The van der Waals surface area contributed by atoms with E-state index >= 15 is 0 Å². The topological polar surface area (TPSA) is 57.8 Å². The van der Waals surface area contributed by atoms with Crippen molar-refractivity contribution >= 4 is 23.0 Å². The van der Waals surface area contributed by atoms with Gasteiger partial charge in [0.25, 0.3) is 0 Å². The minimum Gasteiger partial charge on any atom is -0.468 e. The number of aryl methyl sites for hydroxylation is 1. The monoisotopic (exact) mass is 579 g/mol. The SMILES string of the molecule is COCc1ccccc1N=c1scc(-c2cc(C)n(CC(=O)OC)c2C)n1CCc1c(F)c(F)c(F)c(F)c1F. The van der Waals surface area contributed by atoms with Crippen LogP contribution in [0.3, 0.4) is 0 Å². The molecule has 0 aliphatic rings. The van der Waals surface area contributed by atoms with Gasteiger partial charge in [0.1, 0.15) is 6.54 Å². The smallest absolute Gasteiger partial charge is 0.325 e. The second-order valence-electron chi connectivity index (χ2n) is 8.97. The van der Waals surface area contributed by atoms with Gasteiger partial charge in [-0.3, -0.25) is 4.79 Å². The molecule has 0 saturated carbocycles. The summed E-state index contributed by atoms with van der Waals surface area (Å²) in [5.74, 6) is -10.4. The highest BCUT2D eigenvalue weighted by atomic mass is 32.1. The molecule has 0 spiro atoms. The Morgan fingerprint density at radius 3 is 2.25 bits per heavy atom. The zero-order valence-corrected chi connectivity index (χ0v) is 23.0. The van der Waals surface area contributed by atoms with Crippen molar-refractivity contribution in [2.45, 2.75) is 40.0 Å². The number of hydrogen-bond donors (Lipinski definition) is 0. The molecule has 0 unspecified atom stereocenters. The zero-order chi connectivity index (χ0) is 29.1. The number of carbonyl (C=O) groups excluding carboxylic acids is 1. The molecule has 0 saturated heterocycles. The highest BCUT2D eigenvalue weighted by molar-refractivity contribution is 7.07. The van der Waals surface area contributed by atoms with Crippen LogP contribution in [0.5, 0.6) is 0 Å². The molecule has 6 nitrogen and oxygen atoms in total. The van der Waals surface area contributed by atoms with E-state index in [1.54, 1.807) is 33.8 Å². The molecule has 0 amide bonds. The van der Waals surface area contributed by atoms with Gasteiger partial charge < -0.3 is 18.6 Å². The molecule has 4 aromatic rings. The average molecular weight is 580 g/mol. The lowest BCUT2D eigenvalue weighted by molar-refractivity contribution is -0.141. The Bertz CT molecular complexity index is 1610. The summed E-state index contributed by atoms with van der Waals surface area (Å²) >= 11 is 1.25. The number of esters is 1. The van der Waals surface area contributed by atoms with Crippen LogP contribution in [-0.4, -0.2) is 29.3 Å². The number of aromatic nitrogens is 2. The van der Waals surface area contributed by atoms with E-state index < -0.39 is 47.0 Å². The largest absolute Gasteiger partial charge is 0.468 e. The highest BCUT2D eigenvalue weighted by Crippen LogP contribution is 2.30. The second kappa shape index (κ2) is 12.2. The van der Waals surface area contributed by atoms with Gasteiger partial charge in [-0.2, -0.15) is 0 Å². The standard InChI is InChI=1S/C28H26F5N3O3S/c1-15-11-19(16(2)36(15)12-22(37)39-4)21-14-40-28(34-20-8-6-5-7-17(20)13-38-3)35(21)10-9-18-23(29)25(31)27(33)26(32)24(18)30/h5-8,11,14H,9-10,12-13H2,1-4H3. The van der Waals surface area contributed by atoms with Gasteiger partial charge in [-0.15, -0.1) is 11.3 Å². The highest BCUT2D eigenvalue weighted by Gasteiger charge is 2.26. The normalized spacial score (nSPS) is 11.9. The van der Waals surface area contributed by atoms with Crippen LogP contribution in [0.1, 0.15) is 22.5 Å². The molecular weight excluding hydrogens is 553 g/mol. The lowest BCUT2D eigenvalue weighted by Gasteiger charge is -2.13. The van der Waals surface area contributed by atoms with Crippen molar-refractivity contribution in [2.75, 3.05) is 14.2 Å². The molecule has 4 rings (SSSR count).